The number of cyclic esters (lactones) is 1. The van der Waals surface area contributed by atoms with Gasteiger partial charge in [-0.3, -0.25) is 9.78 Å². The number of nitrogens with two attached hydrogens (primary N) is 1. The highest BCUT2D eigenvalue weighted by Gasteiger charge is 2.63. The highest BCUT2D eigenvalue weighted by molar-refractivity contribution is 9.10. The minimum absolute atomic E-state index is 0.00430. The number of carbonyl (C=O) groups excluding carboxylic acids is 1. The van der Waals surface area contributed by atoms with E-state index in [4.69, 9.17) is 22.1 Å². The zero-order valence-electron chi connectivity index (χ0n) is 18.8. The largest absolute Gasteiger partial charge is 0.443 e. The standard InChI is InChI=1S/C24H28BrClFN3O2/c1-23(2,3)9-16-20(28)18(21-22(31)32-24(4,5)30(16)21)17-14(6-7-15(26)19(17)27)12-8-13(25)11-29-10-12/h6-8,10-11,16,18,20-21H,9,28H2,1-5H3/t16-,18+,20?,21+/m0/s1. The van der Waals surface area contributed by atoms with E-state index < -0.39 is 29.5 Å². The van der Waals surface area contributed by atoms with Gasteiger partial charge in [0.05, 0.1) is 5.02 Å². The molecule has 4 rings (SSSR count). The maximum Gasteiger partial charge on any atom is 0.325 e. The quantitative estimate of drug-likeness (QED) is 0.537. The Bertz CT molecular complexity index is 1070. The smallest absolute Gasteiger partial charge is 0.325 e. The van der Waals surface area contributed by atoms with Gasteiger partial charge in [0.25, 0.3) is 0 Å². The summed E-state index contributed by atoms with van der Waals surface area (Å²) in [6.45, 7) is 10.1. The Morgan fingerprint density at radius 2 is 2.00 bits per heavy atom. The summed E-state index contributed by atoms with van der Waals surface area (Å²) < 4.78 is 22.2. The summed E-state index contributed by atoms with van der Waals surface area (Å²) in [6.07, 6.45) is 4.06. The summed E-state index contributed by atoms with van der Waals surface area (Å²) in [5.41, 5.74) is 7.64. The van der Waals surface area contributed by atoms with Gasteiger partial charge in [0, 0.05) is 46.0 Å². The van der Waals surface area contributed by atoms with Crippen LogP contribution in [0.5, 0.6) is 0 Å². The molecule has 0 radical (unpaired) electrons. The fourth-order valence-electron chi connectivity index (χ4n) is 5.28. The average molecular weight is 525 g/mol. The molecule has 2 saturated heterocycles. The van der Waals surface area contributed by atoms with Gasteiger partial charge >= 0.3 is 5.97 Å². The Balaban J connectivity index is 1.93. The van der Waals surface area contributed by atoms with Gasteiger partial charge in [-0.25, -0.2) is 9.29 Å². The number of ether oxygens (including phenoxy) is 1. The summed E-state index contributed by atoms with van der Waals surface area (Å²) in [6, 6.07) is 3.80. The van der Waals surface area contributed by atoms with E-state index in [-0.39, 0.29) is 22.4 Å². The van der Waals surface area contributed by atoms with Crippen LogP contribution in [0.4, 0.5) is 4.39 Å². The fraction of sp³-hybridized carbons (Fsp3) is 0.500. The number of hydrogen-bond donors (Lipinski definition) is 1. The van der Waals surface area contributed by atoms with Crippen molar-refractivity contribution in [2.75, 3.05) is 0 Å². The molecule has 0 amide bonds. The molecule has 1 unspecified atom stereocenters. The molecule has 3 heterocycles. The van der Waals surface area contributed by atoms with Crippen molar-refractivity contribution in [1.82, 2.24) is 9.88 Å². The average Bonchev–Trinajstić information content (AvgIpc) is 3.08. The highest BCUT2D eigenvalue weighted by Crippen LogP contribution is 2.51. The van der Waals surface area contributed by atoms with E-state index in [1.165, 1.54) is 6.07 Å². The van der Waals surface area contributed by atoms with Crippen LogP contribution in [0.25, 0.3) is 11.1 Å². The van der Waals surface area contributed by atoms with E-state index >= 15 is 4.39 Å². The van der Waals surface area contributed by atoms with Crippen LogP contribution in [0.1, 0.15) is 52.5 Å². The maximum absolute atomic E-state index is 15.7. The lowest BCUT2D eigenvalue weighted by atomic mass is 9.79. The van der Waals surface area contributed by atoms with Crippen LogP contribution in [0.15, 0.2) is 35.1 Å². The van der Waals surface area contributed by atoms with Gasteiger partial charge in [-0.1, -0.05) is 38.4 Å². The molecule has 0 spiro atoms. The zero-order chi connectivity index (χ0) is 23.6. The number of benzene rings is 1. The molecule has 0 aliphatic carbocycles. The van der Waals surface area contributed by atoms with Crippen LogP contribution in [0, 0.1) is 11.2 Å². The normalized spacial score (nSPS) is 27.5. The highest BCUT2D eigenvalue weighted by atomic mass is 79.9. The summed E-state index contributed by atoms with van der Waals surface area (Å²) in [5.74, 6) is -1.56. The SMILES string of the molecule is CC(C)(C)C[C@H]1C(N)[C@@H](c2c(-c3cncc(Br)c3)ccc(Cl)c2F)[C@@H]2C(=O)OC(C)(C)N12. The Labute approximate surface area is 201 Å². The molecule has 4 atom stereocenters. The second-order valence-corrected chi connectivity index (χ2v) is 11.7. The number of halogens is 3. The molecule has 1 aromatic heterocycles. The number of rotatable bonds is 3. The fourth-order valence-corrected chi connectivity index (χ4v) is 5.81. The van der Waals surface area contributed by atoms with Crippen LogP contribution >= 0.6 is 27.5 Å². The summed E-state index contributed by atoms with van der Waals surface area (Å²) in [7, 11) is 0. The van der Waals surface area contributed by atoms with Gasteiger partial charge in [-0.05, 0) is 59.3 Å². The molecule has 1 aromatic carbocycles. The van der Waals surface area contributed by atoms with Gasteiger partial charge < -0.3 is 10.5 Å². The molecule has 0 saturated carbocycles. The molecule has 5 nitrogen and oxygen atoms in total. The number of pyridine rings is 1. The van der Waals surface area contributed by atoms with Crippen LogP contribution in [0.3, 0.4) is 0 Å². The number of fused-ring (bicyclic) bond motifs is 1. The first-order valence-corrected chi connectivity index (χ1v) is 11.8. The minimum atomic E-state index is -0.837. The van der Waals surface area contributed by atoms with Gasteiger partial charge in [0.2, 0.25) is 0 Å². The molecular weight excluding hydrogens is 497 g/mol. The minimum Gasteiger partial charge on any atom is -0.443 e. The van der Waals surface area contributed by atoms with Gasteiger partial charge in [-0.2, -0.15) is 0 Å². The van der Waals surface area contributed by atoms with Crippen molar-refractivity contribution in [2.45, 2.75) is 70.8 Å². The van der Waals surface area contributed by atoms with E-state index in [1.54, 1.807) is 18.5 Å². The third-order valence-corrected chi connectivity index (χ3v) is 7.10. The number of carbonyl (C=O) groups is 1. The van der Waals surface area contributed by atoms with E-state index in [0.717, 1.165) is 10.9 Å². The maximum atomic E-state index is 15.7. The van der Waals surface area contributed by atoms with E-state index in [1.807, 2.05) is 24.8 Å². The molecule has 0 bridgehead atoms. The van der Waals surface area contributed by atoms with Crippen LogP contribution in [-0.2, 0) is 9.53 Å². The third kappa shape index (κ3) is 3.98. The Morgan fingerprint density at radius 1 is 1.31 bits per heavy atom. The van der Waals surface area contributed by atoms with E-state index in [0.29, 0.717) is 16.7 Å². The number of aromatic nitrogens is 1. The van der Waals surface area contributed by atoms with Gasteiger partial charge in [0.1, 0.15) is 11.9 Å². The molecule has 2 aliphatic rings. The third-order valence-electron chi connectivity index (χ3n) is 6.37. The van der Waals surface area contributed by atoms with Gasteiger partial charge in [0.15, 0.2) is 5.72 Å². The van der Waals surface area contributed by atoms with Gasteiger partial charge in [-0.15, -0.1) is 0 Å². The summed E-state index contributed by atoms with van der Waals surface area (Å²) >= 11 is 9.67. The Morgan fingerprint density at radius 3 is 2.62 bits per heavy atom. The first-order chi connectivity index (χ1) is 14.8. The molecule has 2 fully saturated rings. The topological polar surface area (TPSA) is 68.4 Å². The molecule has 32 heavy (non-hydrogen) atoms. The van der Waals surface area contributed by atoms with Crippen LogP contribution in [-0.4, -0.2) is 39.7 Å². The van der Waals surface area contributed by atoms with Crippen LogP contribution in [0.2, 0.25) is 5.02 Å². The van der Waals surface area contributed by atoms with E-state index in [2.05, 4.69) is 41.7 Å². The van der Waals surface area contributed by atoms with Crippen molar-refractivity contribution in [3.63, 3.8) is 0 Å². The molecular formula is C24H28BrClFN3O2. The second kappa shape index (κ2) is 8.05. The number of esters is 1. The summed E-state index contributed by atoms with van der Waals surface area (Å²) in [4.78, 5) is 19.4. The van der Waals surface area contributed by atoms with Crippen molar-refractivity contribution >= 4 is 33.5 Å². The lowest BCUT2D eigenvalue weighted by molar-refractivity contribution is -0.151. The molecule has 2 aromatic rings. The number of nitrogens with zero attached hydrogens (tertiary/aromatic N) is 2. The monoisotopic (exact) mass is 523 g/mol. The zero-order valence-corrected chi connectivity index (χ0v) is 21.2. The second-order valence-electron chi connectivity index (χ2n) is 10.4. The van der Waals surface area contributed by atoms with Crippen molar-refractivity contribution in [1.29, 1.82) is 0 Å². The molecule has 172 valence electrons. The lowest BCUT2D eigenvalue weighted by Crippen LogP contribution is -2.50. The van der Waals surface area contributed by atoms with E-state index in [9.17, 15) is 4.79 Å². The van der Waals surface area contributed by atoms with Crippen molar-refractivity contribution in [2.24, 2.45) is 11.1 Å². The molecule has 2 N–H and O–H groups in total. The van der Waals surface area contributed by atoms with Crippen molar-refractivity contribution in [3.05, 3.63) is 51.5 Å². The van der Waals surface area contributed by atoms with Crippen molar-refractivity contribution < 1.29 is 13.9 Å². The predicted octanol–water partition coefficient (Wildman–Crippen LogP) is 5.50. The first-order valence-electron chi connectivity index (χ1n) is 10.7. The predicted molar refractivity (Wildman–Crippen MR) is 127 cm³/mol. The number of hydrogen-bond acceptors (Lipinski definition) is 5. The van der Waals surface area contributed by atoms with Crippen LogP contribution < -0.4 is 5.73 Å². The Hall–Kier alpha value is -1.54. The first kappa shape index (κ1) is 23.6. The molecule has 8 heteroatoms. The van der Waals surface area contributed by atoms with Crippen molar-refractivity contribution in [3.8, 4) is 11.1 Å². The Kier molecular flexibility index (Phi) is 5.94. The molecule has 2 aliphatic heterocycles. The lowest BCUT2D eigenvalue weighted by Gasteiger charge is -2.37. The summed E-state index contributed by atoms with van der Waals surface area (Å²) in [5, 5.41) is -0.00430.